The van der Waals surface area contributed by atoms with Gasteiger partial charge in [-0.1, -0.05) is 0 Å². The third-order valence-corrected chi connectivity index (χ3v) is 3.77. The van der Waals surface area contributed by atoms with Gasteiger partial charge in [-0.25, -0.2) is 0 Å². The highest BCUT2D eigenvalue weighted by Gasteiger charge is 2.37. The van der Waals surface area contributed by atoms with Gasteiger partial charge < -0.3 is 14.8 Å². The predicted octanol–water partition coefficient (Wildman–Crippen LogP) is 2.97. The Hall–Kier alpha value is -1.82. The number of rotatable bonds is 5. The van der Waals surface area contributed by atoms with Crippen LogP contribution in [0, 0.1) is 10.1 Å². The van der Waals surface area contributed by atoms with E-state index in [1.165, 1.54) is 6.07 Å². The van der Waals surface area contributed by atoms with Gasteiger partial charge in [0.15, 0.2) is 5.75 Å². The van der Waals surface area contributed by atoms with E-state index >= 15 is 0 Å². The van der Waals surface area contributed by atoms with Crippen LogP contribution in [0.25, 0.3) is 0 Å². The number of anilines is 1. The Morgan fingerprint density at radius 1 is 1.60 bits per heavy atom. The summed E-state index contributed by atoms with van der Waals surface area (Å²) in [6.07, 6.45) is 0.989. The SMILES string of the molecule is CCOc1cc(NC2(C)CCOC2C)ccc1[N+](=O)[O-]. The molecule has 110 valence electrons. The first-order chi connectivity index (χ1) is 9.46. The van der Waals surface area contributed by atoms with Crippen LogP contribution < -0.4 is 10.1 Å². The van der Waals surface area contributed by atoms with Crippen molar-refractivity contribution >= 4 is 11.4 Å². The van der Waals surface area contributed by atoms with E-state index in [0.717, 1.165) is 18.7 Å². The number of nitrogens with zero attached hydrogens (tertiary/aromatic N) is 1. The van der Waals surface area contributed by atoms with Gasteiger partial charge >= 0.3 is 5.69 Å². The number of hydrogen-bond donors (Lipinski definition) is 1. The maximum absolute atomic E-state index is 11.0. The zero-order valence-corrected chi connectivity index (χ0v) is 12.0. The molecule has 1 N–H and O–H groups in total. The highest BCUT2D eigenvalue weighted by atomic mass is 16.6. The molecule has 0 aromatic heterocycles. The third-order valence-electron chi connectivity index (χ3n) is 3.77. The molecule has 2 unspecified atom stereocenters. The largest absolute Gasteiger partial charge is 0.487 e. The van der Waals surface area contributed by atoms with Crippen LogP contribution in [0.5, 0.6) is 5.75 Å². The molecule has 0 spiro atoms. The fourth-order valence-electron chi connectivity index (χ4n) is 2.34. The average molecular weight is 280 g/mol. The molecule has 20 heavy (non-hydrogen) atoms. The minimum Gasteiger partial charge on any atom is -0.487 e. The Morgan fingerprint density at radius 2 is 2.35 bits per heavy atom. The van der Waals surface area contributed by atoms with Crippen molar-refractivity contribution in [2.24, 2.45) is 0 Å². The number of nitrogens with one attached hydrogen (secondary N) is 1. The summed E-state index contributed by atoms with van der Waals surface area (Å²) >= 11 is 0. The molecule has 1 aromatic rings. The first-order valence-corrected chi connectivity index (χ1v) is 6.77. The molecule has 2 rings (SSSR count). The summed E-state index contributed by atoms with van der Waals surface area (Å²) in [6.45, 7) is 7.02. The second-order valence-corrected chi connectivity index (χ2v) is 5.18. The highest BCUT2D eigenvalue weighted by Crippen LogP contribution is 2.34. The summed E-state index contributed by atoms with van der Waals surface area (Å²) in [4.78, 5) is 10.5. The highest BCUT2D eigenvalue weighted by molar-refractivity contribution is 5.59. The molecule has 1 saturated heterocycles. The molecule has 6 nitrogen and oxygen atoms in total. The fourth-order valence-corrected chi connectivity index (χ4v) is 2.34. The van der Waals surface area contributed by atoms with Crippen molar-refractivity contribution in [3.05, 3.63) is 28.3 Å². The van der Waals surface area contributed by atoms with Gasteiger partial charge in [-0.2, -0.15) is 0 Å². The van der Waals surface area contributed by atoms with Crippen molar-refractivity contribution in [2.75, 3.05) is 18.5 Å². The summed E-state index contributed by atoms with van der Waals surface area (Å²) in [5.74, 6) is 0.290. The molecular weight excluding hydrogens is 260 g/mol. The number of nitro benzene ring substituents is 1. The van der Waals surface area contributed by atoms with Crippen LogP contribution in [0.2, 0.25) is 0 Å². The summed E-state index contributed by atoms with van der Waals surface area (Å²) in [5.41, 5.74) is 0.622. The summed E-state index contributed by atoms with van der Waals surface area (Å²) in [5, 5.41) is 14.4. The summed E-state index contributed by atoms with van der Waals surface area (Å²) < 4.78 is 10.9. The van der Waals surface area contributed by atoms with Crippen LogP contribution in [0.15, 0.2) is 18.2 Å². The first-order valence-electron chi connectivity index (χ1n) is 6.77. The first kappa shape index (κ1) is 14.6. The van der Waals surface area contributed by atoms with Gasteiger partial charge in [-0.15, -0.1) is 0 Å². The van der Waals surface area contributed by atoms with Crippen LogP contribution in [0.1, 0.15) is 27.2 Å². The minimum atomic E-state index is -0.433. The summed E-state index contributed by atoms with van der Waals surface area (Å²) in [6, 6.07) is 4.85. The molecule has 1 heterocycles. The van der Waals surface area contributed by atoms with E-state index in [1.54, 1.807) is 19.1 Å². The monoisotopic (exact) mass is 280 g/mol. The second kappa shape index (κ2) is 5.66. The second-order valence-electron chi connectivity index (χ2n) is 5.18. The van der Waals surface area contributed by atoms with E-state index in [0.29, 0.717) is 6.61 Å². The Bertz CT molecular complexity index is 506. The molecule has 2 atom stereocenters. The minimum absolute atomic E-state index is 0.0155. The van der Waals surface area contributed by atoms with E-state index in [4.69, 9.17) is 9.47 Å². The molecule has 1 aromatic carbocycles. The number of hydrogen-bond acceptors (Lipinski definition) is 5. The topological polar surface area (TPSA) is 73.6 Å². The van der Waals surface area contributed by atoms with Crippen molar-refractivity contribution in [3.63, 3.8) is 0 Å². The van der Waals surface area contributed by atoms with E-state index in [2.05, 4.69) is 12.2 Å². The van der Waals surface area contributed by atoms with E-state index in [9.17, 15) is 10.1 Å². The number of ether oxygens (including phenoxy) is 2. The molecule has 1 aliphatic heterocycles. The number of nitro groups is 1. The van der Waals surface area contributed by atoms with Crippen molar-refractivity contribution in [3.8, 4) is 5.75 Å². The lowest BCUT2D eigenvalue weighted by Crippen LogP contribution is -2.41. The van der Waals surface area contributed by atoms with Gasteiger partial charge in [0, 0.05) is 24.4 Å². The van der Waals surface area contributed by atoms with Crippen molar-refractivity contribution in [1.29, 1.82) is 0 Å². The molecular formula is C14H20N2O4. The molecule has 0 amide bonds. The Balaban J connectivity index is 2.25. The van der Waals surface area contributed by atoms with Gasteiger partial charge in [0.05, 0.1) is 23.2 Å². The maximum Gasteiger partial charge on any atom is 0.311 e. The van der Waals surface area contributed by atoms with Crippen LogP contribution in [0.3, 0.4) is 0 Å². The zero-order chi connectivity index (χ0) is 14.8. The van der Waals surface area contributed by atoms with E-state index in [1.807, 2.05) is 6.92 Å². The van der Waals surface area contributed by atoms with Gasteiger partial charge in [-0.05, 0) is 33.3 Å². The van der Waals surface area contributed by atoms with E-state index < -0.39 is 4.92 Å². The Kier molecular flexibility index (Phi) is 4.13. The van der Waals surface area contributed by atoms with E-state index in [-0.39, 0.29) is 23.1 Å². The molecule has 0 bridgehead atoms. The van der Waals surface area contributed by atoms with Gasteiger partial charge in [0.1, 0.15) is 0 Å². The van der Waals surface area contributed by atoms with Gasteiger partial charge in [0.2, 0.25) is 0 Å². The molecule has 1 aliphatic rings. The maximum atomic E-state index is 11.0. The van der Waals surface area contributed by atoms with Crippen LogP contribution in [0.4, 0.5) is 11.4 Å². The standard InChI is InChI=1S/C14H20N2O4/c1-4-19-13-9-11(5-6-12(13)16(17)18)15-14(3)7-8-20-10(14)2/h5-6,9-10,15H,4,7-8H2,1-3H3. The fraction of sp³-hybridized carbons (Fsp3) is 0.571. The lowest BCUT2D eigenvalue weighted by atomic mass is 9.94. The van der Waals surface area contributed by atoms with Crippen LogP contribution in [-0.4, -0.2) is 29.8 Å². The van der Waals surface area contributed by atoms with Crippen LogP contribution in [-0.2, 0) is 4.74 Å². The third kappa shape index (κ3) is 2.85. The van der Waals surface area contributed by atoms with Crippen LogP contribution >= 0.6 is 0 Å². The van der Waals surface area contributed by atoms with Gasteiger partial charge in [-0.3, -0.25) is 10.1 Å². The van der Waals surface area contributed by atoms with Crippen molar-refractivity contribution in [1.82, 2.24) is 0 Å². The molecule has 0 aliphatic carbocycles. The lowest BCUT2D eigenvalue weighted by Gasteiger charge is -2.30. The predicted molar refractivity (Wildman–Crippen MR) is 76.3 cm³/mol. The normalized spacial score (nSPS) is 25.4. The zero-order valence-electron chi connectivity index (χ0n) is 12.0. The molecule has 1 fully saturated rings. The molecule has 0 saturated carbocycles. The Morgan fingerprint density at radius 3 is 2.90 bits per heavy atom. The lowest BCUT2D eigenvalue weighted by molar-refractivity contribution is -0.385. The smallest absolute Gasteiger partial charge is 0.311 e. The summed E-state index contributed by atoms with van der Waals surface area (Å²) in [7, 11) is 0. The Labute approximate surface area is 118 Å². The van der Waals surface area contributed by atoms with Gasteiger partial charge in [0.25, 0.3) is 0 Å². The van der Waals surface area contributed by atoms with Crippen molar-refractivity contribution < 1.29 is 14.4 Å². The quantitative estimate of drug-likeness (QED) is 0.663. The van der Waals surface area contributed by atoms with Crippen molar-refractivity contribution in [2.45, 2.75) is 38.8 Å². The molecule has 0 radical (unpaired) electrons. The molecule has 6 heteroatoms. The number of benzene rings is 1. The average Bonchev–Trinajstić information content (AvgIpc) is 2.69.